The Morgan fingerprint density at radius 1 is 0.961 bits per heavy atom. The van der Waals surface area contributed by atoms with Gasteiger partial charge in [-0.05, 0) is 75.4 Å². The fraction of sp³-hybridized carbons (Fsp3) is 0.457. The Balaban J connectivity index is 0.000000286. The highest BCUT2D eigenvalue weighted by atomic mass is 127. The van der Waals surface area contributed by atoms with Crippen molar-refractivity contribution in [1.29, 1.82) is 0 Å². The van der Waals surface area contributed by atoms with Gasteiger partial charge in [-0.2, -0.15) is 26.3 Å². The minimum absolute atomic E-state index is 0.0184. The lowest BCUT2D eigenvalue weighted by molar-refractivity contribution is -0.157. The third-order valence-electron chi connectivity index (χ3n) is 7.77. The molecule has 1 saturated carbocycles. The summed E-state index contributed by atoms with van der Waals surface area (Å²) < 4.78 is 105. The van der Waals surface area contributed by atoms with Crippen molar-refractivity contribution in [3.8, 4) is 22.9 Å². The maximum atomic E-state index is 13.0. The number of alkyl halides is 7. The van der Waals surface area contributed by atoms with Crippen LogP contribution in [0.15, 0.2) is 63.6 Å². The van der Waals surface area contributed by atoms with Gasteiger partial charge in [0.15, 0.2) is 6.10 Å². The SMILES string of the molecule is CCCOC(CO[C@@H]1CCC[C@H](OCc2nc(-c3cccc(C(F)(F)F)c3)oc2C)C1)C(=O)O.FC(F)(F)c1cccc(-c2nc(CI)co2)c1. The first-order chi connectivity index (χ1) is 24.2. The summed E-state index contributed by atoms with van der Waals surface area (Å²) in [5.41, 5.74) is 0.332. The summed E-state index contributed by atoms with van der Waals surface area (Å²) in [6.45, 7) is 4.09. The number of ether oxygens (including phenoxy) is 3. The second-order valence-electron chi connectivity index (χ2n) is 11.7. The Kier molecular flexibility index (Phi) is 14.5. The van der Waals surface area contributed by atoms with E-state index in [0.29, 0.717) is 40.2 Å². The molecule has 278 valence electrons. The number of hydrogen-bond donors (Lipinski definition) is 1. The first-order valence-corrected chi connectivity index (χ1v) is 17.6. The van der Waals surface area contributed by atoms with Crippen LogP contribution in [0.3, 0.4) is 0 Å². The Morgan fingerprint density at radius 2 is 1.57 bits per heavy atom. The molecule has 2 aromatic heterocycles. The van der Waals surface area contributed by atoms with Crippen LogP contribution in [0.25, 0.3) is 22.9 Å². The van der Waals surface area contributed by atoms with Crippen molar-refractivity contribution in [2.45, 2.75) is 87.7 Å². The van der Waals surface area contributed by atoms with E-state index in [2.05, 4.69) is 32.6 Å². The minimum atomic E-state index is -4.45. The lowest BCUT2D eigenvalue weighted by Gasteiger charge is -2.29. The molecule has 1 fully saturated rings. The predicted molar refractivity (Wildman–Crippen MR) is 181 cm³/mol. The van der Waals surface area contributed by atoms with Crippen LogP contribution in [0.2, 0.25) is 0 Å². The van der Waals surface area contributed by atoms with Crippen LogP contribution in [0.5, 0.6) is 0 Å². The molecule has 0 saturated heterocycles. The Hall–Kier alpha value is -3.48. The van der Waals surface area contributed by atoms with Gasteiger partial charge < -0.3 is 28.2 Å². The van der Waals surface area contributed by atoms with Gasteiger partial charge in [0.1, 0.15) is 17.7 Å². The second kappa shape index (κ2) is 18.3. The van der Waals surface area contributed by atoms with E-state index >= 15 is 0 Å². The van der Waals surface area contributed by atoms with Crippen LogP contribution in [-0.2, 0) is 42.4 Å². The van der Waals surface area contributed by atoms with Gasteiger partial charge in [-0.25, -0.2) is 14.8 Å². The number of halogens is 7. The standard InChI is InChI=1S/C24H30F3NO6.C11H7F3INO/c1-3-10-31-21(23(29)30)14-33-19-9-5-8-18(12-19)32-13-20-15(2)34-22(28-20)16-6-4-7-17(11-16)24(25,26)27;12-11(13,14)8-3-1-2-7(4-8)10-16-9(5-15)6-17-10/h4,6-7,11,18-19,21H,3,5,8-10,12-14H2,1-2H3,(H,29,30);1-4,6H,5H2/t18-,19+,21?;/m0./s1. The van der Waals surface area contributed by atoms with E-state index in [1.165, 1.54) is 30.5 Å². The third-order valence-corrected chi connectivity index (χ3v) is 8.55. The molecule has 16 heteroatoms. The molecule has 1 N–H and O–H groups in total. The average molecular weight is 839 g/mol. The number of aliphatic carboxylic acids is 1. The lowest BCUT2D eigenvalue weighted by Crippen LogP contribution is -2.34. The van der Waals surface area contributed by atoms with E-state index in [0.717, 1.165) is 49.9 Å². The van der Waals surface area contributed by atoms with Crippen molar-refractivity contribution in [2.75, 3.05) is 13.2 Å². The van der Waals surface area contributed by atoms with Crippen molar-refractivity contribution in [3.05, 3.63) is 83.1 Å². The number of oxazole rings is 2. The average Bonchev–Trinajstić information content (AvgIpc) is 3.74. The Labute approximate surface area is 303 Å². The van der Waals surface area contributed by atoms with Crippen molar-refractivity contribution in [2.24, 2.45) is 0 Å². The van der Waals surface area contributed by atoms with Crippen molar-refractivity contribution in [1.82, 2.24) is 9.97 Å². The van der Waals surface area contributed by atoms with E-state index in [9.17, 15) is 36.2 Å². The quantitative estimate of drug-likeness (QED) is 0.0798. The topological polar surface area (TPSA) is 117 Å². The molecular formula is C35H37F6IN2O7. The van der Waals surface area contributed by atoms with Crippen LogP contribution in [0.4, 0.5) is 26.3 Å². The number of aromatic nitrogens is 2. The summed E-state index contributed by atoms with van der Waals surface area (Å²) in [4.78, 5) is 19.7. The van der Waals surface area contributed by atoms with E-state index in [1.54, 1.807) is 6.92 Å². The van der Waals surface area contributed by atoms with Gasteiger partial charge in [-0.15, -0.1) is 0 Å². The summed E-state index contributed by atoms with van der Waals surface area (Å²) >= 11 is 2.10. The van der Waals surface area contributed by atoms with Gasteiger partial charge in [0.05, 0.1) is 42.2 Å². The van der Waals surface area contributed by atoms with Crippen molar-refractivity contribution in [3.63, 3.8) is 0 Å². The zero-order valence-corrected chi connectivity index (χ0v) is 29.9. The van der Waals surface area contributed by atoms with E-state index in [-0.39, 0.29) is 42.8 Å². The van der Waals surface area contributed by atoms with Crippen LogP contribution in [0.1, 0.15) is 67.3 Å². The molecule has 2 aromatic carbocycles. The van der Waals surface area contributed by atoms with Crippen LogP contribution < -0.4 is 0 Å². The Morgan fingerprint density at radius 3 is 2.12 bits per heavy atom. The summed E-state index contributed by atoms with van der Waals surface area (Å²) in [5, 5.41) is 9.26. The van der Waals surface area contributed by atoms with E-state index < -0.39 is 35.6 Å². The smallest absolute Gasteiger partial charge is 0.416 e. The van der Waals surface area contributed by atoms with Gasteiger partial charge in [0.2, 0.25) is 11.8 Å². The van der Waals surface area contributed by atoms with Gasteiger partial charge in [0.25, 0.3) is 0 Å². The molecule has 2 heterocycles. The zero-order chi connectivity index (χ0) is 37.2. The fourth-order valence-electron chi connectivity index (χ4n) is 5.12. The number of carbonyl (C=O) groups is 1. The molecule has 51 heavy (non-hydrogen) atoms. The molecule has 1 aliphatic carbocycles. The summed E-state index contributed by atoms with van der Waals surface area (Å²) in [7, 11) is 0. The largest absolute Gasteiger partial charge is 0.479 e. The number of benzene rings is 2. The molecule has 0 radical (unpaired) electrons. The number of carboxylic acid groups (broad SMARTS) is 1. The molecule has 0 aliphatic heterocycles. The predicted octanol–water partition coefficient (Wildman–Crippen LogP) is 9.69. The number of nitrogens with zero attached hydrogens (tertiary/aromatic N) is 2. The van der Waals surface area contributed by atoms with Gasteiger partial charge >= 0.3 is 18.3 Å². The molecule has 0 amide bonds. The number of hydrogen-bond acceptors (Lipinski definition) is 8. The zero-order valence-electron chi connectivity index (χ0n) is 27.7. The molecule has 0 spiro atoms. The van der Waals surface area contributed by atoms with E-state index in [4.69, 9.17) is 23.0 Å². The second-order valence-corrected chi connectivity index (χ2v) is 12.5. The molecule has 1 aliphatic rings. The normalized spacial score (nSPS) is 17.1. The highest BCUT2D eigenvalue weighted by Crippen LogP contribution is 2.34. The fourth-order valence-corrected chi connectivity index (χ4v) is 5.47. The molecule has 4 aromatic rings. The molecule has 0 bridgehead atoms. The number of carboxylic acids is 1. The molecule has 3 atom stereocenters. The number of rotatable bonds is 13. The summed E-state index contributed by atoms with van der Waals surface area (Å²) in [6.07, 6.45) is -4.75. The minimum Gasteiger partial charge on any atom is -0.479 e. The first kappa shape index (κ1) is 40.3. The highest BCUT2D eigenvalue weighted by Gasteiger charge is 2.32. The van der Waals surface area contributed by atoms with Gasteiger partial charge in [-0.1, -0.05) is 41.6 Å². The molecular weight excluding hydrogens is 801 g/mol. The van der Waals surface area contributed by atoms with E-state index in [1.807, 2.05) is 6.92 Å². The number of aryl methyl sites for hydroxylation is 1. The molecule has 9 nitrogen and oxygen atoms in total. The highest BCUT2D eigenvalue weighted by molar-refractivity contribution is 14.1. The summed E-state index contributed by atoms with van der Waals surface area (Å²) in [6, 6.07) is 9.77. The lowest BCUT2D eigenvalue weighted by atomic mass is 9.95. The molecule has 1 unspecified atom stereocenters. The first-order valence-electron chi connectivity index (χ1n) is 16.1. The third kappa shape index (κ3) is 12.0. The monoisotopic (exact) mass is 838 g/mol. The Bertz CT molecular complexity index is 1710. The maximum Gasteiger partial charge on any atom is 0.416 e. The molecule has 5 rings (SSSR count). The summed E-state index contributed by atoms with van der Waals surface area (Å²) in [5.74, 6) is -0.245. The van der Waals surface area contributed by atoms with Gasteiger partial charge in [0, 0.05) is 22.2 Å². The van der Waals surface area contributed by atoms with Gasteiger partial charge in [-0.3, -0.25) is 0 Å². The van der Waals surface area contributed by atoms with Crippen molar-refractivity contribution >= 4 is 28.6 Å². The van der Waals surface area contributed by atoms with Crippen molar-refractivity contribution < 1.29 is 59.3 Å². The van der Waals surface area contributed by atoms with Crippen LogP contribution in [0, 0.1) is 6.92 Å². The van der Waals surface area contributed by atoms with Crippen LogP contribution in [-0.4, -0.2) is 52.6 Å². The van der Waals surface area contributed by atoms with Crippen LogP contribution >= 0.6 is 22.6 Å². The maximum absolute atomic E-state index is 13.0.